The van der Waals surface area contributed by atoms with Crippen LogP contribution in [0.4, 0.5) is 5.69 Å². The van der Waals surface area contributed by atoms with Gasteiger partial charge in [-0.3, -0.25) is 0 Å². The highest BCUT2D eigenvalue weighted by Crippen LogP contribution is 2.45. The van der Waals surface area contributed by atoms with Gasteiger partial charge in [0.25, 0.3) is 10.0 Å². The van der Waals surface area contributed by atoms with Crippen LogP contribution >= 0.6 is 0 Å². The lowest BCUT2D eigenvalue weighted by molar-refractivity contribution is 0.102. The van der Waals surface area contributed by atoms with Crippen LogP contribution in [-0.4, -0.2) is 30.8 Å². The number of hydrogen-bond acceptors (Lipinski definition) is 4. The van der Waals surface area contributed by atoms with E-state index in [4.69, 9.17) is 5.73 Å². The van der Waals surface area contributed by atoms with Gasteiger partial charge in [-0.2, -0.15) is 4.31 Å². The van der Waals surface area contributed by atoms with Crippen LogP contribution in [0.1, 0.15) is 44.9 Å². The van der Waals surface area contributed by atoms with E-state index in [0.29, 0.717) is 18.5 Å². The lowest BCUT2D eigenvalue weighted by Crippen LogP contribution is -2.44. The number of anilines is 1. The van der Waals surface area contributed by atoms with Gasteiger partial charge in [0, 0.05) is 19.3 Å². The zero-order chi connectivity index (χ0) is 14.9. The molecule has 1 aliphatic heterocycles. The van der Waals surface area contributed by atoms with Crippen LogP contribution in [0, 0.1) is 5.41 Å². The Kier molecular flexibility index (Phi) is 3.92. The van der Waals surface area contributed by atoms with Gasteiger partial charge in [-0.05, 0) is 43.2 Å². The van der Waals surface area contributed by atoms with Crippen molar-refractivity contribution in [3.05, 3.63) is 18.3 Å². The molecule has 0 amide bonds. The summed E-state index contributed by atoms with van der Waals surface area (Å²) in [5, 5.41) is 0.00425. The Hall–Kier alpha value is -1.14. The van der Waals surface area contributed by atoms with Crippen molar-refractivity contribution in [2.75, 3.05) is 18.8 Å². The Labute approximate surface area is 126 Å². The molecule has 2 fully saturated rings. The van der Waals surface area contributed by atoms with Crippen molar-refractivity contribution in [1.82, 2.24) is 9.29 Å². The van der Waals surface area contributed by atoms with Gasteiger partial charge < -0.3 is 5.73 Å². The maximum atomic E-state index is 12.7. The Morgan fingerprint density at radius 3 is 2.38 bits per heavy atom. The summed E-state index contributed by atoms with van der Waals surface area (Å²) in [6.07, 6.45) is 9.85. The first kappa shape index (κ1) is 14.8. The van der Waals surface area contributed by atoms with Crippen LogP contribution in [0.25, 0.3) is 0 Å². The second kappa shape index (κ2) is 5.57. The fourth-order valence-corrected chi connectivity index (χ4v) is 5.21. The van der Waals surface area contributed by atoms with Gasteiger partial charge >= 0.3 is 0 Å². The molecule has 5 nitrogen and oxygen atoms in total. The molecule has 0 unspecified atom stereocenters. The summed E-state index contributed by atoms with van der Waals surface area (Å²) >= 11 is 0. The predicted molar refractivity (Wildman–Crippen MR) is 82.2 cm³/mol. The smallest absolute Gasteiger partial charge is 0.262 e. The third-order valence-corrected chi connectivity index (χ3v) is 6.96. The van der Waals surface area contributed by atoms with Crippen molar-refractivity contribution < 1.29 is 8.42 Å². The van der Waals surface area contributed by atoms with Gasteiger partial charge in [0.2, 0.25) is 0 Å². The molecular weight excluding hydrogens is 286 g/mol. The number of sulfonamides is 1. The van der Waals surface area contributed by atoms with Crippen LogP contribution in [-0.2, 0) is 10.0 Å². The molecule has 1 aliphatic carbocycles. The van der Waals surface area contributed by atoms with Crippen LogP contribution in [0.15, 0.2) is 23.4 Å². The summed E-state index contributed by atoms with van der Waals surface area (Å²) in [7, 11) is -3.55. The average molecular weight is 309 g/mol. The quantitative estimate of drug-likeness (QED) is 0.910. The number of nitrogen functional groups attached to an aromatic ring is 1. The summed E-state index contributed by atoms with van der Waals surface area (Å²) in [4.78, 5) is 3.97. The second-order valence-corrected chi connectivity index (χ2v) is 8.22. The Bertz CT molecular complexity index is 599. The molecule has 3 rings (SSSR count). The third-order valence-electron chi connectivity index (χ3n) is 5.08. The van der Waals surface area contributed by atoms with Crippen LogP contribution < -0.4 is 5.73 Å². The van der Waals surface area contributed by atoms with Crippen molar-refractivity contribution in [2.24, 2.45) is 5.41 Å². The molecule has 1 spiro atoms. The topological polar surface area (TPSA) is 76.3 Å². The highest BCUT2D eigenvalue weighted by atomic mass is 32.2. The van der Waals surface area contributed by atoms with Gasteiger partial charge in [-0.15, -0.1) is 0 Å². The predicted octanol–water partition coefficient (Wildman–Crippen LogP) is 2.40. The van der Waals surface area contributed by atoms with E-state index in [9.17, 15) is 8.42 Å². The van der Waals surface area contributed by atoms with Gasteiger partial charge in [-0.1, -0.05) is 19.3 Å². The molecule has 1 aromatic rings. The summed E-state index contributed by atoms with van der Waals surface area (Å²) in [5.41, 5.74) is 6.40. The standard InChI is InChI=1S/C15H23N3O2S/c16-13-5-4-10-17-14(13)21(19,20)18-11-8-15(9-12-18)6-2-1-3-7-15/h4-5,10H,1-3,6-9,11-12,16H2. The fraction of sp³-hybridized carbons (Fsp3) is 0.667. The fourth-order valence-electron chi connectivity index (χ4n) is 3.74. The Morgan fingerprint density at radius 2 is 1.76 bits per heavy atom. The van der Waals surface area contributed by atoms with Crippen molar-refractivity contribution in [2.45, 2.75) is 50.0 Å². The number of rotatable bonds is 2. The number of nitrogens with two attached hydrogens (primary N) is 1. The highest BCUT2D eigenvalue weighted by molar-refractivity contribution is 7.89. The Balaban J connectivity index is 1.76. The molecule has 1 aromatic heterocycles. The number of piperidine rings is 1. The first-order valence-electron chi connectivity index (χ1n) is 7.74. The summed E-state index contributed by atoms with van der Waals surface area (Å²) in [6.45, 7) is 1.19. The summed E-state index contributed by atoms with van der Waals surface area (Å²) < 4.78 is 26.9. The van der Waals surface area contributed by atoms with E-state index in [0.717, 1.165) is 12.8 Å². The van der Waals surface area contributed by atoms with Gasteiger partial charge in [0.1, 0.15) is 0 Å². The van der Waals surface area contributed by atoms with Crippen LogP contribution in [0.5, 0.6) is 0 Å². The zero-order valence-corrected chi connectivity index (χ0v) is 13.1. The molecule has 0 bridgehead atoms. The van der Waals surface area contributed by atoms with Gasteiger partial charge in [0.05, 0.1) is 5.69 Å². The van der Waals surface area contributed by atoms with E-state index >= 15 is 0 Å². The first-order chi connectivity index (χ1) is 10.0. The number of nitrogens with zero attached hydrogens (tertiary/aromatic N) is 2. The molecule has 0 aromatic carbocycles. The molecule has 0 radical (unpaired) electrons. The van der Waals surface area contributed by atoms with E-state index in [1.54, 1.807) is 16.4 Å². The minimum atomic E-state index is -3.55. The summed E-state index contributed by atoms with van der Waals surface area (Å²) in [5.74, 6) is 0. The molecule has 2 heterocycles. The van der Waals surface area contributed by atoms with Crippen molar-refractivity contribution in [1.29, 1.82) is 0 Å². The molecule has 116 valence electrons. The zero-order valence-electron chi connectivity index (χ0n) is 12.3. The minimum absolute atomic E-state index is 0.00425. The molecule has 0 atom stereocenters. The maximum Gasteiger partial charge on any atom is 0.262 e. The van der Waals surface area contributed by atoms with Gasteiger partial charge in [-0.25, -0.2) is 13.4 Å². The van der Waals surface area contributed by atoms with Crippen LogP contribution in [0.3, 0.4) is 0 Å². The maximum absolute atomic E-state index is 12.7. The lowest BCUT2D eigenvalue weighted by Gasteiger charge is -2.43. The Morgan fingerprint density at radius 1 is 1.10 bits per heavy atom. The molecule has 1 saturated carbocycles. The molecule has 21 heavy (non-hydrogen) atoms. The SMILES string of the molecule is Nc1cccnc1S(=O)(=O)N1CCC2(CCCCC2)CC1. The average Bonchev–Trinajstić information content (AvgIpc) is 2.49. The van der Waals surface area contributed by atoms with Gasteiger partial charge in [0.15, 0.2) is 5.03 Å². The molecule has 1 saturated heterocycles. The molecule has 2 aliphatic rings. The van der Waals surface area contributed by atoms with E-state index in [1.807, 2.05) is 0 Å². The molecule has 6 heteroatoms. The first-order valence-corrected chi connectivity index (χ1v) is 9.18. The normalized spacial score (nSPS) is 23.2. The van der Waals surface area contributed by atoms with Crippen molar-refractivity contribution >= 4 is 15.7 Å². The van der Waals surface area contributed by atoms with E-state index in [1.165, 1.54) is 38.3 Å². The third kappa shape index (κ3) is 2.79. The molecule has 2 N–H and O–H groups in total. The highest BCUT2D eigenvalue weighted by Gasteiger charge is 2.39. The van der Waals surface area contributed by atoms with Crippen molar-refractivity contribution in [3.63, 3.8) is 0 Å². The number of hydrogen-bond donors (Lipinski definition) is 1. The molecular formula is C15H23N3O2S. The lowest BCUT2D eigenvalue weighted by atomic mass is 9.68. The summed E-state index contributed by atoms with van der Waals surface area (Å²) in [6, 6.07) is 3.24. The van der Waals surface area contributed by atoms with E-state index in [2.05, 4.69) is 4.98 Å². The van der Waals surface area contributed by atoms with Crippen LogP contribution in [0.2, 0.25) is 0 Å². The minimum Gasteiger partial charge on any atom is -0.396 e. The largest absolute Gasteiger partial charge is 0.396 e. The van der Waals surface area contributed by atoms with E-state index < -0.39 is 10.0 Å². The second-order valence-electron chi connectivity index (χ2n) is 6.36. The monoisotopic (exact) mass is 309 g/mol. The number of pyridine rings is 1. The van der Waals surface area contributed by atoms with E-state index in [-0.39, 0.29) is 10.7 Å². The number of aromatic nitrogens is 1. The van der Waals surface area contributed by atoms with Crippen molar-refractivity contribution in [3.8, 4) is 0 Å².